The van der Waals surface area contributed by atoms with E-state index in [1.54, 1.807) is 34.6 Å². The molecule has 194 valence electrons. The molecule has 0 saturated carbocycles. The van der Waals surface area contributed by atoms with Crippen LogP contribution in [0.4, 0.5) is 0 Å². The van der Waals surface area contributed by atoms with Crippen LogP contribution in [0.2, 0.25) is 0 Å². The molecule has 1 heterocycles. The molecular weight excluding hydrogens is 458 g/mol. The molecule has 0 unspecified atom stereocenters. The Morgan fingerprint density at radius 1 is 1.00 bits per heavy atom. The fraction of sp³-hybridized carbons (Fsp3) is 0.517. The van der Waals surface area contributed by atoms with Gasteiger partial charge in [-0.15, -0.1) is 24.7 Å². The van der Waals surface area contributed by atoms with Crippen LogP contribution in [0.25, 0.3) is 0 Å². The quantitative estimate of drug-likeness (QED) is 0.160. The van der Waals surface area contributed by atoms with Gasteiger partial charge >= 0.3 is 17.9 Å². The zero-order valence-corrected chi connectivity index (χ0v) is 22.2. The highest BCUT2D eigenvalue weighted by Crippen LogP contribution is 2.30. The second-order valence-electron chi connectivity index (χ2n) is 9.79. The minimum atomic E-state index is -0.896. The van der Waals surface area contributed by atoms with E-state index in [1.807, 2.05) is 19.1 Å². The van der Waals surface area contributed by atoms with Crippen LogP contribution in [0.1, 0.15) is 83.5 Å². The number of rotatable bonds is 13. The van der Waals surface area contributed by atoms with Crippen molar-refractivity contribution in [2.75, 3.05) is 0 Å². The number of aromatic nitrogens is 1. The van der Waals surface area contributed by atoms with E-state index in [4.69, 9.17) is 27.1 Å². The molecule has 7 heteroatoms. The maximum Gasteiger partial charge on any atom is 0.312 e. The van der Waals surface area contributed by atoms with E-state index in [0.29, 0.717) is 23.2 Å². The van der Waals surface area contributed by atoms with E-state index in [9.17, 15) is 14.4 Å². The maximum absolute atomic E-state index is 12.7. The molecule has 0 aromatic carbocycles. The first kappa shape index (κ1) is 30.5. The first-order chi connectivity index (χ1) is 16.9. The number of pyridine rings is 1. The van der Waals surface area contributed by atoms with Gasteiger partial charge in [0.05, 0.1) is 16.5 Å². The van der Waals surface area contributed by atoms with Crippen molar-refractivity contribution in [3.05, 3.63) is 35.2 Å². The largest absolute Gasteiger partial charge is 0.460 e. The molecule has 0 saturated heterocycles. The monoisotopic (exact) mass is 495 g/mol. The zero-order valence-electron chi connectivity index (χ0n) is 22.2. The lowest BCUT2D eigenvalue weighted by Crippen LogP contribution is -2.27. The maximum atomic E-state index is 12.7. The minimum absolute atomic E-state index is 0.160. The minimum Gasteiger partial charge on any atom is -0.460 e. The fourth-order valence-electron chi connectivity index (χ4n) is 3.12. The summed E-state index contributed by atoms with van der Waals surface area (Å²) in [6.45, 7) is 9.99. The van der Waals surface area contributed by atoms with Gasteiger partial charge in [0.2, 0.25) is 0 Å². The standard InChI is InChI=1S/C29H37NO6/c1-9-12-13-14-15-24(31)36-25-21(4)30-18-22(19-34-26(32)28(5,6)16-10-2)23(25)20-35-27(33)29(7,8)17-11-3/h2-3,9,12,18H,13-17,19-20H2,1,4-8H3/b12-9-. The van der Waals surface area contributed by atoms with E-state index in [1.165, 1.54) is 6.20 Å². The van der Waals surface area contributed by atoms with Crippen molar-refractivity contribution in [1.29, 1.82) is 0 Å². The van der Waals surface area contributed by atoms with Crippen molar-refractivity contribution in [2.24, 2.45) is 10.8 Å². The Balaban J connectivity index is 3.24. The van der Waals surface area contributed by atoms with Gasteiger partial charge in [-0.25, -0.2) is 0 Å². The number of esters is 3. The number of terminal acetylenes is 2. The lowest BCUT2D eigenvalue weighted by atomic mass is 9.90. The van der Waals surface area contributed by atoms with Gasteiger partial charge in [-0.1, -0.05) is 12.2 Å². The van der Waals surface area contributed by atoms with Crippen molar-refractivity contribution >= 4 is 17.9 Å². The Hall–Kier alpha value is -3.58. The molecule has 0 aliphatic carbocycles. The van der Waals surface area contributed by atoms with E-state index >= 15 is 0 Å². The highest BCUT2D eigenvalue weighted by Gasteiger charge is 2.31. The van der Waals surface area contributed by atoms with E-state index in [0.717, 1.165) is 6.42 Å². The van der Waals surface area contributed by atoms with Gasteiger partial charge in [0, 0.05) is 36.6 Å². The normalized spacial score (nSPS) is 11.4. The number of hydrogen-bond donors (Lipinski definition) is 0. The number of ether oxygens (including phenoxy) is 3. The molecule has 0 spiro atoms. The summed E-state index contributed by atoms with van der Waals surface area (Å²) in [5.74, 6) is 3.71. The zero-order chi connectivity index (χ0) is 27.4. The molecule has 1 rings (SSSR count). The summed E-state index contributed by atoms with van der Waals surface area (Å²) in [5, 5.41) is 0. The summed E-state index contributed by atoms with van der Waals surface area (Å²) in [6.07, 6.45) is 18.1. The Labute approximate surface area is 215 Å². The van der Waals surface area contributed by atoms with Crippen molar-refractivity contribution in [3.8, 4) is 30.4 Å². The predicted octanol–water partition coefficient (Wildman–Crippen LogP) is 5.23. The molecule has 0 atom stereocenters. The van der Waals surface area contributed by atoms with Crippen LogP contribution in [0.3, 0.4) is 0 Å². The molecular formula is C29H37NO6. The summed E-state index contributed by atoms with van der Waals surface area (Å²) in [7, 11) is 0. The number of carbonyl (C=O) groups is 3. The third kappa shape index (κ3) is 9.23. The van der Waals surface area contributed by atoms with Gasteiger partial charge in [-0.3, -0.25) is 19.4 Å². The SMILES string of the molecule is C#CCC(C)(C)C(=O)OCc1cnc(C)c(OC(=O)CCC/C=C\C)c1COC(=O)C(C)(C)CC#C. The van der Waals surface area contributed by atoms with Crippen LogP contribution >= 0.6 is 0 Å². The van der Waals surface area contributed by atoms with Crippen LogP contribution in [-0.2, 0) is 37.1 Å². The van der Waals surface area contributed by atoms with Gasteiger partial charge in [0.15, 0.2) is 5.75 Å². The molecule has 1 aromatic rings. The molecule has 36 heavy (non-hydrogen) atoms. The van der Waals surface area contributed by atoms with Gasteiger partial charge in [-0.2, -0.15) is 0 Å². The molecule has 0 aliphatic rings. The molecule has 1 aromatic heterocycles. The number of nitrogens with zero attached hydrogens (tertiary/aromatic N) is 1. The van der Waals surface area contributed by atoms with Crippen LogP contribution < -0.4 is 4.74 Å². The van der Waals surface area contributed by atoms with E-state index < -0.39 is 28.7 Å². The highest BCUT2D eigenvalue weighted by atomic mass is 16.6. The second kappa shape index (κ2) is 14.1. The summed E-state index contributed by atoms with van der Waals surface area (Å²) in [4.78, 5) is 42.1. The molecule has 0 radical (unpaired) electrons. The van der Waals surface area contributed by atoms with Crippen molar-refractivity contribution < 1.29 is 28.6 Å². The summed E-state index contributed by atoms with van der Waals surface area (Å²) >= 11 is 0. The molecule has 0 N–H and O–H groups in total. The van der Waals surface area contributed by atoms with Crippen LogP contribution in [0.5, 0.6) is 5.75 Å². The van der Waals surface area contributed by atoms with E-state index in [-0.39, 0.29) is 38.2 Å². The average molecular weight is 496 g/mol. The number of allylic oxidation sites excluding steroid dienone is 2. The third-order valence-electron chi connectivity index (χ3n) is 5.51. The molecule has 0 amide bonds. The molecule has 0 bridgehead atoms. The lowest BCUT2D eigenvalue weighted by Gasteiger charge is -2.23. The Morgan fingerprint density at radius 2 is 1.56 bits per heavy atom. The molecule has 7 nitrogen and oxygen atoms in total. The Kier molecular flexibility index (Phi) is 11.9. The fourth-order valence-corrected chi connectivity index (χ4v) is 3.12. The third-order valence-corrected chi connectivity index (χ3v) is 5.51. The smallest absolute Gasteiger partial charge is 0.312 e. The molecule has 0 fully saturated rings. The Morgan fingerprint density at radius 3 is 2.08 bits per heavy atom. The first-order valence-corrected chi connectivity index (χ1v) is 11.9. The van der Waals surface area contributed by atoms with Gasteiger partial charge in [-0.05, 0) is 54.4 Å². The second-order valence-corrected chi connectivity index (χ2v) is 9.79. The van der Waals surface area contributed by atoms with Gasteiger partial charge in [0.1, 0.15) is 13.2 Å². The summed E-state index contributed by atoms with van der Waals surface area (Å²) in [6, 6.07) is 0. The van der Waals surface area contributed by atoms with Crippen LogP contribution in [0, 0.1) is 42.4 Å². The predicted molar refractivity (Wildman–Crippen MR) is 137 cm³/mol. The van der Waals surface area contributed by atoms with Crippen molar-refractivity contribution in [2.45, 2.75) is 86.9 Å². The topological polar surface area (TPSA) is 91.8 Å². The number of aryl methyl sites for hydroxylation is 1. The number of hydrogen-bond acceptors (Lipinski definition) is 7. The number of carbonyl (C=O) groups excluding carboxylic acids is 3. The average Bonchev–Trinajstić information content (AvgIpc) is 2.80. The number of unbranched alkanes of at least 4 members (excludes halogenated alkanes) is 1. The summed E-state index contributed by atoms with van der Waals surface area (Å²) < 4.78 is 16.7. The highest BCUT2D eigenvalue weighted by molar-refractivity contribution is 5.77. The van der Waals surface area contributed by atoms with Crippen LogP contribution in [-0.4, -0.2) is 22.9 Å². The van der Waals surface area contributed by atoms with Crippen LogP contribution in [0.15, 0.2) is 18.3 Å². The Bertz CT molecular complexity index is 1050. The van der Waals surface area contributed by atoms with Crippen molar-refractivity contribution in [1.82, 2.24) is 4.98 Å². The van der Waals surface area contributed by atoms with Gasteiger partial charge < -0.3 is 14.2 Å². The van der Waals surface area contributed by atoms with E-state index in [2.05, 4.69) is 16.8 Å². The van der Waals surface area contributed by atoms with Crippen molar-refractivity contribution in [3.63, 3.8) is 0 Å². The summed E-state index contributed by atoms with van der Waals surface area (Å²) in [5.41, 5.74) is -0.484. The first-order valence-electron chi connectivity index (χ1n) is 11.9. The lowest BCUT2D eigenvalue weighted by molar-refractivity contribution is -0.156. The molecule has 0 aliphatic heterocycles. The van der Waals surface area contributed by atoms with Gasteiger partial charge in [0.25, 0.3) is 0 Å².